The molecule has 2 bridgehead atoms. The lowest BCUT2D eigenvalue weighted by Crippen LogP contribution is -2.50. The van der Waals surface area contributed by atoms with Crippen molar-refractivity contribution < 1.29 is 18.6 Å². The number of nitrogens with zero attached hydrogens (tertiary/aromatic N) is 5. The summed E-state index contributed by atoms with van der Waals surface area (Å²) < 4.78 is 33.8. The van der Waals surface area contributed by atoms with Gasteiger partial charge < -0.3 is 14.7 Å². The zero-order valence-electron chi connectivity index (χ0n) is 21.5. The number of rotatable bonds is 7. The van der Waals surface area contributed by atoms with Crippen LogP contribution in [0, 0.1) is 16.6 Å². The zero-order valence-corrected chi connectivity index (χ0v) is 21.5. The van der Waals surface area contributed by atoms with E-state index in [1.165, 1.54) is 51.1 Å². The van der Waals surface area contributed by atoms with Crippen molar-refractivity contribution in [2.75, 3.05) is 25.2 Å². The van der Waals surface area contributed by atoms with Crippen molar-refractivity contribution in [3.63, 3.8) is 0 Å². The third-order valence-corrected chi connectivity index (χ3v) is 8.10. The van der Waals surface area contributed by atoms with E-state index >= 15 is 4.39 Å². The number of aromatic hydroxyl groups is 1. The lowest BCUT2D eigenvalue weighted by atomic mass is 9.55. The van der Waals surface area contributed by atoms with E-state index in [0.717, 1.165) is 12.8 Å². The summed E-state index contributed by atoms with van der Waals surface area (Å²) in [4.78, 5) is 2.05. The second-order valence-corrected chi connectivity index (χ2v) is 11.2. The Morgan fingerprint density at radius 3 is 2.46 bits per heavy atom. The van der Waals surface area contributed by atoms with E-state index in [1.807, 2.05) is 4.90 Å². The smallest absolute Gasteiger partial charge is 0.233 e. The number of halogens is 2. The molecule has 2 aliphatic carbocycles. The summed E-state index contributed by atoms with van der Waals surface area (Å²) in [6.07, 6.45) is 8.29. The van der Waals surface area contributed by atoms with Crippen LogP contribution in [0.25, 0.3) is 22.4 Å². The van der Waals surface area contributed by atoms with Crippen LogP contribution in [0.5, 0.6) is 11.6 Å². The van der Waals surface area contributed by atoms with Crippen molar-refractivity contribution in [1.29, 1.82) is 0 Å². The molecule has 2 fully saturated rings. The molecule has 0 aliphatic heterocycles. The molecule has 196 valence electrons. The Labute approximate surface area is 215 Å². The predicted octanol–water partition coefficient (Wildman–Crippen LogP) is 5.98. The molecule has 5 rings (SSSR count). The van der Waals surface area contributed by atoms with E-state index in [0.29, 0.717) is 17.1 Å². The second-order valence-electron chi connectivity index (χ2n) is 11.2. The summed E-state index contributed by atoms with van der Waals surface area (Å²) in [6.45, 7) is 4.49. The van der Waals surface area contributed by atoms with Gasteiger partial charge in [0.15, 0.2) is 5.82 Å². The maximum Gasteiger partial charge on any atom is 0.233 e. The van der Waals surface area contributed by atoms with Gasteiger partial charge in [-0.05, 0) is 67.2 Å². The SMILES string of the molecule is COc1cc(-c2cc(O)c(-c3ccc(N(CCF)[C@H]4C[C@]5(C)CCC[C@](C)(C4)C5)nn3)cc2F)cnn1. The topological polar surface area (TPSA) is 84.3 Å². The number of methoxy groups -OCH3 is 1. The first-order valence-corrected chi connectivity index (χ1v) is 12.8. The number of hydrogen-bond donors (Lipinski definition) is 1. The third-order valence-electron chi connectivity index (χ3n) is 8.10. The number of anilines is 1. The molecular formula is C28H33F2N5O2. The minimum atomic E-state index is -0.553. The highest BCUT2D eigenvalue weighted by Gasteiger charge is 2.47. The normalized spacial score (nSPS) is 25.1. The van der Waals surface area contributed by atoms with Crippen LogP contribution in [0.4, 0.5) is 14.6 Å². The Kier molecular flexibility index (Phi) is 6.72. The fourth-order valence-electron chi connectivity index (χ4n) is 6.71. The maximum atomic E-state index is 15.1. The number of hydrogen-bond acceptors (Lipinski definition) is 7. The Morgan fingerprint density at radius 1 is 1.05 bits per heavy atom. The summed E-state index contributed by atoms with van der Waals surface area (Å²) in [7, 11) is 1.45. The van der Waals surface area contributed by atoms with E-state index in [9.17, 15) is 9.50 Å². The Bertz CT molecular complexity index is 1260. The molecule has 2 aliphatic rings. The predicted molar refractivity (Wildman–Crippen MR) is 138 cm³/mol. The van der Waals surface area contributed by atoms with Crippen LogP contribution in [0.15, 0.2) is 36.5 Å². The van der Waals surface area contributed by atoms with Crippen molar-refractivity contribution >= 4 is 5.82 Å². The molecule has 0 radical (unpaired) electrons. The highest BCUT2D eigenvalue weighted by atomic mass is 19.1. The number of fused-ring (bicyclic) bond motifs is 2. The molecule has 2 saturated carbocycles. The Balaban J connectivity index is 1.42. The molecule has 37 heavy (non-hydrogen) atoms. The average molecular weight is 510 g/mol. The first-order valence-electron chi connectivity index (χ1n) is 12.8. The van der Waals surface area contributed by atoms with E-state index in [2.05, 4.69) is 34.2 Å². The van der Waals surface area contributed by atoms with Crippen LogP contribution in [0.2, 0.25) is 0 Å². The minimum Gasteiger partial charge on any atom is -0.507 e. The average Bonchev–Trinajstić information content (AvgIpc) is 2.87. The number of phenolic OH excluding ortho intramolecular Hbond substituents is 1. The van der Waals surface area contributed by atoms with Crippen LogP contribution in [0.1, 0.15) is 52.4 Å². The van der Waals surface area contributed by atoms with Gasteiger partial charge in [0.25, 0.3) is 0 Å². The molecule has 3 aromatic rings. The van der Waals surface area contributed by atoms with E-state index < -0.39 is 12.5 Å². The number of ether oxygens (including phenoxy) is 1. The van der Waals surface area contributed by atoms with Gasteiger partial charge in [0.05, 0.1) is 19.0 Å². The van der Waals surface area contributed by atoms with Gasteiger partial charge in [0.1, 0.15) is 18.2 Å². The number of benzene rings is 1. The first kappa shape index (κ1) is 25.3. The van der Waals surface area contributed by atoms with Crippen molar-refractivity contribution in [3.8, 4) is 34.0 Å². The molecular weight excluding hydrogens is 476 g/mol. The van der Waals surface area contributed by atoms with Gasteiger partial charge in [0.2, 0.25) is 5.88 Å². The van der Waals surface area contributed by atoms with Gasteiger partial charge in [-0.2, -0.15) is 5.10 Å². The quantitative estimate of drug-likeness (QED) is 0.419. The number of aromatic nitrogens is 4. The molecule has 2 aromatic heterocycles. The van der Waals surface area contributed by atoms with Crippen molar-refractivity contribution in [3.05, 3.63) is 42.3 Å². The van der Waals surface area contributed by atoms with E-state index in [1.54, 1.807) is 18.2 Å². The van der Waals surface area contributed by atoms with Crippen LogP contribution in [0.3, 0.4) is 0 Å². The van der Waals surface area contributed by atoms with E-state index in [-0.39, 0.29) is 46.2 Å². The van der Waals surface area contributed by atoms with Crippen LogP contribution < -0.4 is 9.64 Å². The lowest BCUT2D eigenvalue weighted by molar-refractivity contribution is 0.0128. The zero-order chi connectivity index (χ0) is 26.2. The van der Waals surface area contributed by atoms with Crippen molar-refractivity contribution in [1.82, 2.24) is 20.4 Å². The van der Waals surface area contributed by atoms with Crippen molar-refractivity contribution in [2.45, 2.75) is 58.4 Å². The van der Waals surface area contributed by atoms with Gasteiger partial charge in [-0.25, -0.2) is 8.78 Å². The number of phenols is 1. The van der Waals surface area contributed by atoms with Gasteiger partial charge >= 0.3 is 0 Å². The van der Waals surface area contributed by atoms with E-state index in [4.69, 9.17) is 4.74 Å². The van der Waals surface area contributed by atoms with Crippen molar-refractivity contribution in [2.24, 2.45) is 10.8 Å². The standard InChI is InChI=1S/C28H33F2N5O2/c1-27-7-4-8-28(2,17-27)15-19(14-27)35(10-9-29)25-6-5-23(32-33-25)21-12-22(30)20(13-24(21)36)18-11-26(37-3)34-31-16-18/h5-6,11-13,16,19,36H,4,7-10,14-15,17H2,1-3H3/t19-,27-,28+. The van der Waals surface area contributed by atoms with Gasteiger partial charge in [-0.1, -0.05) is 20.3 Å². The molecule has 9 heteroatoms. The summed E-state index contributed by atoms with van der Waals surface area (Å²) in [6, 6.07) is 7.77. The minimum absolute atomic E-state index is 0.143. The monoisotopic (exact) mass is 509 g/mol. The molecule has 3 atom stereocenters. The lowest BCUT2D eigenvalue weighted by Gasteiger charge is -2.54. The molecule has 7 nitrogen and oxygen atoms in total. The molecule has 0 unspecified atom stereocenters. The molecule has 0 amide bonds. The maximum absolute atomic E-state index is 15.1. The highest BCUT2D eigenvalue weighted by Crippen LogP contribution is 2.56. The summed E-state index contributed by atoms with van der Waals surface area (Å²) in [5, 5.41) is 27.0. The molecule has 2 heterocycles. The fourth-order valence-corrected chi connectivity index (χ4v) is 6.71. The van der Waals surface area contributed by atoms with Gasteiger partial charge in [-0.3, -0.25) is 0 Å². The number of alkyl halides is 1. The largest absolute Gasteiger partial charge is 0.507 e. The molecule has 0 saturated heterocycles. The van der Waals surface area contributed by atoms with Gasteiger partial charge in [-0.15, -0.1) is 15.3 Å². The highest BCUT2D eigenvalue weighted by molar-refractivity contribution is 5.75. The van der Waals surface area contributed by atoms with Crippen LogP contribution in [-0.2, 0) is 0 Å². The van der Waals surface area contributed by atoms with Crippen LogP contribution >= 0.6 is 0 Å². The first-order chi connectivity index (χ1) is 17.7. The summed E-state index contributed by atoms with van der Waals surface area (Å²) in [5.74, 6) is 0.147. The molecule has 0 spiro atoms. The summed E-state index contributed by atoms with van der Waals surface area (Å²) in [5.41, 5.74) is 1.66. The molecule has 1 aromatic carbocycles. The third kappa shape index (κ3) is 5.08. The van der Waals surface area contributed by atoms with Gasteiger partial charge in [0, 0.05) is 35.3 Å². The molecule has 1 N–H and O–H groups in total. The Hall–Kier alpha value is -3.36. The fraction of sp³-hybridized carbons (Fsp3) is 0.500. The summed E-state index contributed by atoms with van der Waals surface area (Å²) >= 11 is 0. The van der Waals surface area contributed by atoms with Crippen LogP contribution in [-0.4, -0.2) is 51.9 Å². The Morgan fingerprint density at radius 2 is 1.81 bits per heavy atom. The second kappa shape index (κ2) is 9.84.